The number of hydrogen-bond donors (Lipinski definition) is 6. The summed E-state index contributed by atoms with van der Waals surface area (Å²) in [6, 6.07) is 9.97. The molecule has 6 aromatic rings. The van der Waals surface area contributed by atoms with Crippen LogP contribution in [0.2, 0.25) is 0 Å². The summed E-state index contributed by atoms with van der Waals surface area (Å²) in [6.07, 6.45) is 4.55. The van der Waals surface area contributed by atoms with Crippen molar-refractivity contribution < 1.29 is 86.9 Å². The third-order valence-corrected chi connectivity index (χ3v) is 7.27. The summed E-state index contributed by atoms with van der Waals surface area (Å²) >= 11 is 0. The second kappa shape index (κ2) is 29.9. The fourth-order valence-electron chi connectivity index (χ4n) is 5.06. The largest absolute Gasteiger partial charge is 0.481 e. The number of anilines is 3. The van der Waals surface area contributed by atoms with Gasteiger partial charge in [0.05, 0.1) is 0 Å². The molecule has 27 heteroatoms. The minimum absolute atomic E-state index is 0.0733. The van der Waals surface area contributed by atoms with Gasteiger partial charge in [0.1, 0.15) is 36.4 Å². The molecule has 0 saturated carbocycles. The standard InChI is InChI=1S/3C13H13N3O4.3C2H4O2/c3*1-7(17)19-6-9-3-10-5-15-13(14)16-12(10)11(4-9)20-8(2)18;3*1-2(3)4/h3*3-5H,6H2,1-2H3,(H2,14,15,16);3*1H3,(H,3,4). The van der Waals surface area contributed by atoms with Crippen molar-refractivity contribution >= 4 is 104 Å². The first-order chi connectivity index (χ1) is 33.6. The summed E-state index contributed by atoms with van der Waals surface area (Å²) in [7, 11) is 0. The van der Waals surface area contributed by atoms with E-state index in [0.29, 0.717) is 49.4 Å². The summed E-state index contributed by atoms with van der Waals surface area (Å²) in [6.45, 7) is 11.3. The average Bonchev–Trinajstić information content (AvgIpc) is 3.24. The molecule has 0 bridgehead atoms. The molecular formula is C45H51N9O18. The zero-order chi connectivity index (χ0) is 54.8. The third-order valence-electron chi connectivity index (χ3n) is 7.27. The van der Waals surface area contributed by atoms with Crippen LogP contribution in [0.5, 0.6) is 17.2 Å². The van der Waals surface area contributed by atoms with Crippen LogP contribution < -0.4 is 31.4 Å². The number of carboxylic acid groups (broad SMARTS) is 3. The zero-order valence-electron chi connectivity index (χ0n) is 40.2. The van der Waals surface area contributed by atoms with Crippen LogP contribution in [0.3, 0.4) is 0 Å². The lowest BCUT2D eigenvalue weighted by molar-refractivity contribution is -0.143. The van der Waals surface area contributed by atoms with E-state index in [-0.39, 0.29) is 54.9 Å². The van der Waals surface area contributed by atoms with Crippen LogP contribution in [0.15, 0.2) is 55.0 Å². The summed E-state index contributed by atoms with van der Waals surface area (Å²) < 4.78 is 30.1. The van der Waals surface area contributed by atoms with Gasteiger partial charge in [-0.05, 0) is 53.1 Å². The van der Waals surface area contributed by atoms with Crippen LogP contribution in [0.4, 0.5) is 17.8 Å². The highest BCUT2D eigenvalue weighted by molar-refractivity contribution is 5.90. The molecule has 3 aromatic carbocycles. The monoisotopic (exact) mass is 1010 g/mol. The van der Waals surface area contributed by atoms with E-state index in [4.69, 9.17) is 75.3 Å². The molecule has 0 unspecified atom stereocenters. The number of esters is 6. The SMILES string of the molecule is CC(=O)O.CC(=O)O.CC(=O)O.CC(=O)OCc1cc(OC(C)=O)c2nc(N)ncc2c1.CC(=O)OCc1cc(OC(C)=O)c2nc(N)ncc2c1.CC(=O)OCc1cc(OC(C)=O)c2nc(N)ncc2c1. The lowest BCUT2D eigenvalue weighted by atomic mass is 10.1. The summed E-state index contributed by atoms with van der Waals surface area (Å²) in [5.41, 5.74) is 19.9. The number of nitrogens with two attached hydrogens (primary N) is 3. The minimum Gasteiger partial charge on any atom is -0.481 e. The van der Waals surface area contributed by atoms with Crippen molar-refractivity contribution in [1.29, 1.82) is 0 Å². The van der Waals surface area contributed by atoms with Crippen LogP contribution in [0.1, 0.15) is 79.0 Å². The van der Waals surface area contributed by atoms with Gasteiger partial charge in [0, 0.05) is 97.1 Å². The number of carboxylic acids is 3. The van der Waals surface area contributed by atoms with Crippen LogP contribution in [0, 0.1) is 0 Å². The molecule has 0 spiro atoms. The fraction of sp³-hybridized carbons (Fsp3) is 0.267. The van der Waals surface area contributed by atoms with Crippen LogP contribution in [0.25, 0.3) is 32.7 Å². The van der Waals surface area contributed by atoms with E-state index in [2.05, 4.69) is 29.9 Å². The maximum Gasteiger partial charge on any atom is 0.308 e. The minimum atomic E-state index is -0.833. The molecule has 27 nitrogen and oxygen atoms in total. The molecule has 0 aliphatic rings. The predicted octanol–water partition coefficient (Wildman–Crippen LogP) is 3.87. The van der Waals surface area contributed by atoms with Gasteiger partial charge in [-0.2, -0.15) is 0 Å². The van der Waals surface area contributed by atoms with Gasteiger partial charge in [0.25, 0.3) is 17.9 Å². The first-order valence-corrected chi connectivity index (χ1v) is 20.3. The van der Waals surface area contributed by atoms with Crippen molar-refractivity contribution in [3.8, 4) is 17.2 Å². The number of rotatable bonds is 9. The van der Waals surface area contributed by atoms with Crippen molar-refractivity contribution in [2.24, 2.45) is 0 Å². The predicted molar refractivity (Wildman–Crippen MR) is 252 cm³/mol. The quantitative estimate of drug-likeness (QED) is 0.0680. The molecular weight excluding hydrogens is 955 g/mol. The molecule has 0 aliphatic carbocycles. The molecule has 0 saturated heterocycles. The van der Waals surface area contributed by atoms with E-state index in [1.54, 1.807) is 36.4 Å². The number of aromatic nitrogens is 6. The van der Waals surface area contributed by atoms with Crippen molar-refractivity contribution in [3.63, 3.8) is 0 Å². The lowest BCUT2D eigenvalue weighted by Gasteiger charge is -2.09. The fourth-order valence-corrected chi connectivity index (χ4v) is 5.06. The van der Waals surface area contributed by atoms with Gasteiger partial charge in [0.2, 0.25) is 17.8 Å². The summed E-state index contributed by atoms with van der Waals surface area (Å²) in [5.74, 6) is -4.11. The smallest absolute Gasteiger partial charge is 0.308 e. The molecule has 3 heterocycles. The highest BCUT2D eigenvalue weighted by atomic mass is 16.6. The van der Waals surface area contributed by atoms with Gasteiger partial charge in [-0.15, -0.1) is 0 Å². The summed E-state index contributed by atoms with van der Waals surface area (Å²) in [4.78, 5) is 117. The number of aliphatic carboxylic acids is 3. The van der Waals surface area contributed by atoms with E-state index in [1.165, 1.54) is 60.1 Å². The first kappa shape index (κ1) is 60.3. The van der Waals surface area contributed by atoms with Gasteiger partial charge >= 0.3 is 35.8 Å². The van der Waals surface area contributed by atoms with E-state index >= 15 is 0 Å². The highest BCUT2D eigenvalue weighted by Gasteiger charge is 2.14. The number of nitrogens with zero attached hydrogens (tertiary/aromatic N) is 6. The average molecular weight is 1010 g/mol. The molecule has 0 aliphatic heterocycles. The summed E-state index contributed by atoms with van der Waals surface area (Å²) in [5, 5.41) is 24.2. The topological polar surface area (TPSA) is 425 Å². The van der Waals surface area contributed by atoms with Gasteiger partial charge in [0.15, 0.2) is 17.2 Å². The zero-order valence-corrected chi connectivity index (χ0v) is 40.2. The van der Waals surface area contributed by atoms with Crippen molar-refractivity contribution in [3.05, 3.63) is 71.7 Å². The molecule has 0 amide bonds. The molecule has 0 radical (unpaired) electrons. The molecule has 9 N–H and O–H groups in total. The normalized spacial score (nSPS) is 9.62. The van der Waals surface area contributed by atoms with Crippen molar-refractivity contribution in [2.45, 2.75) is 82.1 Å². The number of nitrogen functional groups attached to an aromatic ring is 3. The maximum absolute atomic E-state index is 11.1. The Morgan fingerprint density at radius 1 is 0.389 bits per heavy atom. The Bertz CT molecular complexity index is 2630. The van der Waals surface area contributed by atoms with E-state index in [1.807, 2.05) is 0 Å². The Morgan fingerprint density at radius 3 is 0.778 bits per heavy atom. The maximum atomic E-state index is 11.1. The molecule has 3 aromatic heterocycles. The van der Waals surface area contributed by atoms with Gasteiger partial charge in [-0.1, -0.05) is 0 Å². The van der Waals surface area contributed by atoms with Gasteiger partial charge in [-0.3, -0.25) is 43.2 Å². The second-order valence-electron chi connectivity index (χ2n) is 14.0. The second-order valence-corrected chi connectivity index (χ2v) is 14.0. The van der Waals surface area contributed by atoms with Gasteiger partial charge < -0.3 is 60.9 Å². The Morgan fingerprint density at radius 2 is 0.597 bits per heavy atom. The molecule has 6 rings (SSSR count). The molecule has 0 atom stereocenters. The number of benzene rings is 3. The van der Waals surface area contributed by atoms with E-state index in [9.17, 15) is 28.8 Å². The third kappa shape index (κ3) is 24.9. The highest BCUT2D eigenvalue weighted by Crippen LogP contribution is 2.29. The van der Waals surface area contributed by atoms with E-state index in [0.717, 1.165) is 20.8 Å². The van der Waals surface area contributed by atoms with E-state index < -0.39 is 53.7 Å². The Hall–Kier alpha value is -9.69. The Kier molecular flexibility index (Phi) is 25.1. The van der Waals surface area contributed by atoms with Crippen LogP contribution in [-0.2, 0) is 77.2 Å². The Balaban J connectivity index is 0.000000484. The van der Waals surface area contributed by atoms with Crippen LogP contribution >= 0.6 is 0 Å². The van der Waals surface area contributed by atoms with Crippen LogP contribution in [-0.4, -0.2) is 98.9 Å². The molecule has 384 valence electrons. The van der Waals surface area contributed by atoms with Gasteiger partial charge in [-0.25, -0.2) is 29.9 Å². The number of fused-ring (bicyclic) bond motifs is 3. The van der Waals surface area contributed by atoms with Crippen molar-refractivity contribution in [1.82, 2.24) is 29.9 Å². The first-order valence-electron chi connectivity index (χ1n) is 20.3. The number of hydrogen-bond acceptors (Lipinski definition) is 24. The molecule has 72 heavy (non-hydrogen) atoms. The number of carbonyl (C=O) groups is 9. The number of carbonyl (C=O) groups excluding carboxylic acids is 6. The molecule has 0 fully saturated rings. The Labute approximate surface area is 408 Å². The van der Waals surface area contributed by atoms with Crippen molar-refractivity contribution in [2.75, 3.05) is 17.2 Å². The lowest BCUT2D eigenvalue weighted by Crippen LogP contribution is -2.05. The number of ether oxygens (including phenoxy) is 6.